The summed E-state index contributed by atoms with van der Waals surface area (Å²) in [6.45, 7) is 9.72. The van der Waals surface area contributed by atoms with Gasteiger partial charge in [0.25, 0.3) is 0 Å². The third-order valence-corrected chi connectivity index (χ3v) is 1.80. The fraction of sp³-hybridized carbons (Fsp3) is 0.889. The number of hydrogen-bond donors (Lipinski definition) is 1. The average molecular weight is 157 g/mol. The van der Waals surface area contributed by atoms with Crippen molar-refractivity contribution >= 4 is 6.21 Å². The summed E-state index contributed by atoms with van der Waals surface area (Å²) < 4.78 is 0. The Morgan fingerprint density at radius 3 is 2.00 bits per heavy atom. The van der Waals surface area contributed by atoms with Crippen LogP contribution in [0.1, 0.15) is 34.6 Å². The second kappa shape index (κ2) is 3.86. The first-order valence-corrected chi connectivity index (χ1v) is 4.13. The molecule has 0 bridgehead atoms. The number of nitrogens with zero attached hydrogens (tertiary/aromatic N) is 1. The highest BCUT2D eigenvalue weighted by atomic mass is 16.3. The first-order valence-electron chi connectivity index (χ1n) is 4.13. The Morgan fingerprint density at radius 2 is 1.73 bits per heavy atom. The molecule has 0 amide bonds. The van der Waals surface area contributed by atoms with Crippen LogP contribution in [0.3, 0.4) is 0 Å². The molecule has 0 aliphatic carbocycles. The fourth-order valence-corrected chi connectivity index (χ4v) is 0.449. The molecule has 66 valence electrons. The lowest BCUT2D eigenvalue weighted by Gasteiger charge is -2.22. The minimum atomic E-state index is -0.760. The van der Waals surface area contributed by atoms with E-state index in [-0.39, 0.29) is 12.0 Å². The van der Waals surface area contributed by atoms with Gasteiger partial charge in [0.15, 0.2) is 0 Å². The van der Waals surface area contributed by atoms with E-state index >= 15 is 0 Å². The van der Waals surface area contributed by atoms with E-state index in [1.807, 2.05) is 27.7 Å². The molecule has 0 rings (SSSR count). The van der Waals surface area contributed by atoms with Crippen LogP contribution in [0, 0.1) is 5.92 Å². The van der Waals surface area contributed by atoms with Crippen LogP contribution in [0.5, 0.6) is 0 Å². The summed E-state index contributed by atoms with van der Waals surface area (Å²) in [5.41, 5.74) is -0.760. The summed E-state index contributed by atoms with van der Waals surface area (Å²) in [7, 11) is 0. The highest BCUT2D eigenvalue weighted by Gasteiger charge is 2.21. The van der Waals surface area contributed by atoms with E-state index in [4.69, 9.17) is 0 Å². The van der Waals surface area contributed by atoms with Crippen LogP contribution >= 0.6 is 0 Å². The van der Waals surface area contributed by atoms with E-state index in [1.54, 1.807) is 13.1 Å². The van der Waals surface area contributed by atoms with Gasteiger partial charge in [-0.3, -0.25) is 4.99 Å². The Hall–Kier alpha value is -0.370. The van der Waals surface area contributed by atoms with Gasteiger partial charge in [-0.1, -0.05) is 13.8 Å². The zero-order valence-corrected chi connectivity index (χ0v) is 8.13. The molecule has 1 N–H and O–H groups in total. The van der Waals surface area contributed by atoms with E-state index in [0.29, 0.717) is 0 Å². The highest BCUT2D eigenvalue weighted by molar-refractivity contribution is 5.68. The molecule has 0 saturated heterocycles. The molecule has 0 spiro atoms. The van der Waals surface area contributed by atoms with Crippen molar-refractivity contribution in [3.05, 3.63) is 0 Å². The molecule has 0 aliphatic rings. The van der Waals surface area contributed by atoms with Crippen molar-refractivity contribution in [2.75, 3.05) is 0 Å². The van der Waals surface area contributed by atoms with Gasteiger partial charge >= 0.3 is 0 Å². The molecule has 2 nitrogen and oxygen atoms in total. The summed E-state index contributed by atoms with van der Waals surface area (Å²) in [6.07, 6.45) is 1.64. The van der Waals surface area contributed by atoms with Gasteiger partial charge < -0.3 is 5.11 Å². The second-order valence-electron chi connectivity index (χ2n) is 3.75. The summed E-state index contributed by atoms with van der Waals surface area (Å²) >= 11 is 0. The van der Waals surface area contributed by atoms with Gasteiger partial charge in [-0.05, 0) is 26.7 Å². The molecule has 0 saturated carbocycles. The van der Waals surface area contributed by atoms with E-state index in [1.165, 1.54) is 0 Å². The van der Waals surface area contributed by atoms with E-state index in [2.05, 4.69) is 4.99 Å². The van der Waals surface area contributed by atoms with Crippen molar-refractivity contribution in [3.8, 4) is 0 Å². The van der Waals surface area contributed by atoms with Crippen molar-refractivity contribution in [2.45, 2.75) is 46.3 Å². The van der Waals surface area contributed by atoms with Crippen LogP contribution < -0.4 is 0 Å². The van der Waals surface area contributed by atoms with Crippen molar-refractivity contribution in [2.24, 2.45) is 10.9 Å². The standard InChI is InChI=1S/C9H19NO/c1-7(2)9(5,11)6-10-8(3)4/h6-8,11H,1-5H3. The van der Waals surface area contributed by atoms with E-state index < -0.39 is 5.60 Å². The molecule has 0 aromatic rings. The summed E-state index contributed by atoms with van der Waals surface area (Å²) in [6, 6.07) is 0.264. The smallest absolute Gasteiger partial charge is 0.0987 e. The van der Waals surface area contributed by atoms with Crippen molar-refractivity contribution in [1.29, 1.82) is 0 Å². The molecule has 1 atom stereocenters. The number of rotatable bonds is 3. The number of aliphatic hydroxyl groups is 1. The topological polar surface area (TPSA) is 32.6 Å². The lowest BCUT2D eigenvalue weighted by molar-refractivity contribution is 0.0876. The van der Waals surface area contributed by atoms with Crippen LogP contribution in [0.15, 0.2) is 4.99 Å². The molecule has 11 heavy (non-hydrogen) atoms. The van der Waals surface area contributed by atoms with Gasteiger partial charge in [0.05, 0.1) is 5.60 Å². The maximum Gasteiger partial charge on any atom is 0.0987 e. The molecule has 1 unspecified atom stereocenters. The quantitative estimate of drug-likeness (QED) is 0.623. The fourth-order valence-electron chi connectivity index (χ4n) is 0.449. The minimum absolute atomic E-state index is 0.213. The summed E-state index contributed by atoms with van der Waals surface area (Å²) in [5, 5.41) is 9.69. The van der Waals surface area contributed by atoms with Gasteiger partial charge in [0, 0.05) is 12.3 Å². The first-order chi connectivity index (χ1) is 4.86. The third-order valence-electron chi connectivity index (χ3n) is 1.80. The number of aliphatic imine (C=N–C) groups is 1. The Bertz CT molecular complexity index is 136. The van der Waals surface area contributed by atoms with Gasteiger partial charge in [0.1, 0.15) is 0 Å². The van der Waals surface area contributed by atoms with Crippen LogP contribution in [-0.4, -0.2) is 23.0 Å². The van der Waals surface area contributed by atoms with Crippen molar-refractivity contribution < 1.29 is 5.11 Å². The predicted octanol–water partition coefficient (Wildman–Crippen LogP) is 1.87. The van der Waals surface area contributed by atoms with Gasteiger partial charge in [-0.15, -0.1) is 0 Å². The van der Waals surface area contributed by atoms with Gasteiger partial charge in [-0.2, -0.15) is 0 Å². The van der Waals surface area contributed by atoms with Crippen LogP contribution in [-0.2, 0) is 0 Å². The molecular weight excluding hydrogens is 138 g/mol. The molecule has 0 aromatic carbocycles. The van der Waals surface area contributed by atoms with Crippen molar-refractivity contribution in [1.82, 2.24) is 0 Å². The Labute approximate surface area is 69.3 Å². The van der Waals surface area contributed by atoms with E-state index in [0.717, 1.165) is 0 Å². The van der Waals surface area contributed by atoms with E-state index in [9.17, 15) is 5.11 Å². The molecule has 0 aliphatic heterocycles. The Balaban J connectivity index is 4.11. The zero-order chi connectivity index (χ0) is 9.07. The predicted molar refractivity (Wildman–Crippen MR) is 49.1 cm³/mol. The highest BCUT2D eigenvalue weighted by Crippen LogP contribution is 2.13. The normalized spacial score (nSPS) is 18.2. The maximum absolute atomic E-state index is 9.69. The zero-order valence-electron chi connectivity index (χ0n) is 8.13. The molecule has 0 radical (unpaired) electrons. The van der Waals surface area contributed by atoms with Crippen LogP contribution in [0.25, 0.3) is 0 Å². The SMILES string of the molecule is CC(C)N=CC(C)(O)C(C)C. The first kappa shape index (κ1) is 10.6. The molecule has 0 heterocycles. The second-order valence-corrected chi connectivity index (χ2v) is 3.75. The minimum Gasteiger partial charge on any atom is -0.384 e. The molecule has 0 aromatic heterocycles. The molecular formula is C9H19NO. The molecule has 2 heteroatoms. The summed E-state index contributed by atoms with van der Waals surface area (Å²) in [4.78, 5) is 4.14. The lowest BCUT2D eigenvalue weighted by Crippen LogP contribution is -2.33. The molecule has 0 fully saturated rings. The maximum atomic E-state index is 9.69. The summed E-state index contributed by atoms with van der Waals surface area (Å²) in [5.74, 6) is 0.213. The number of hydrogen-bond acceptors (Lipinski definition) is 2. The lowest BCUT2D eigenvalue weighted by atomic mass is 9.94. The van der Waals surface area contributed by atoms with Crippen LogP contribution in [0.4, 0.5) is 0 Å². The van der Waals surface area contributed by atoms with Crippen molar-refractivity contribution in [3.63, 3.8) is 0 Å². The van der Waals surface area contributed by atoms with Crippen LogP contribution in [0.2, 0.25) is 0 Å². The monoisotopic (exact) mass is 157 g/mol. The Morgan fingerprint density at radius 1 is 1.27 bits per heavy atom. The third kappa shape index (κ3) is 4.14. The Kier molecular flexibility index (Phi) is 3.73. The van der Waals surface area contributed by atoms with Gasteiger partial charge in [0.2, 0.25) is 0 Å². The largest absolute Gasteiger partial charge is 0.384 e. The van der Waals surface area contributed by atoms with Gasteiger partial charge in [-0.25, -0.2) is 0 Å². The average Bonchev–Trinajstić information content (AvgIpc) is 1.84.